The van der Waals surface area contributed by atoms with Crippen molar-refractivity contribution >= 4 is 10.0 Å². The normalized spacial score (nSPS) is 11.7. The quantitative estimate of drug-likeness (QED) is 0.778. The molecule has 114 valence electrons. The number of nitrogens with zero attached hydrogens (tertiary/aromatic N) is 2. The molecule has 0 fully saturated rings. The molecule has 0 amide bonds. The fraction of sp³-hybridized carbons (Fsp3) is 0.385. The number of rotatable bonds is 7. The van der Waals surface area contributed by atoms with E-state index in [4.69, 9.17) is 0 Å². The Balaban J connectivity index is 2.06. The Morgan fingerprint density at radius 2 is 2.14 bits per heavy atom. The van der Waals surface area contributed by atoms with Gasteiger partial charge in [-0.2, -0.15) is 4.98 Å². The SMILES string of the molecule is CNCc1cc(S(=O)(=O)NCCc2ncon2)ccc1C. The van der Waals surface area contributed by atoms with E-state index >= 15 is 0 Å². The molecule has 1 aromatic carbocycles. The van der Waals surface area contributed by atoms with Crippen LogP contribution >= 0.6 is 0 Å². The van der Waals surface area contributed by atoms with Crippen LogP contribution in [-0.4, -0.2) is 32.2 Å². The van der Waals surface area contributed by atoms with E-state index in [1.807, 2.05) is 14.0 Å². The number of aryl methyl sites for hydroxylation is 1. The summed E-state index contributed by atoms with van der Waals surface area (Å²) >= 11 is 0. The summed E-state index contributed by atoms with van der Waals surface area (Å²) in [5.74, 6) is 0.470. The predicted octanol–water partition coefficient (Wildman–Crippen LogP) is 0.618. The first-order valence-electron chi connectivity index (χ1n) is 6.52. The molecule has 1 heterocycles. The highest BCUT2D eigenvalue weighted by Gasteiger charge is 2.15. The monoisotopic (exact) mass is 310 g/mol. The second kappa shape index (κ2) is 6.79. The van der Waals surface area contributed by atoms with Crippen LogP contribution in [0.1, 0.15) is 17.0 Å². The molecule has 0 aliphatic carbocycles. The van der Waals surface area contributed by atoms with Gasteiger partial charge in [0.05, 0.1) is 4.90 Å². The average Bonchev–Trinajstić information content (AvgIpc) is 2.94. The lowest BCUT2D eigenvalue weighted by molar-refractivity contribution is 0.410. The van der Waals surface area contributed by atoms with Gasteiger partial charge in [-0.25, -0.2) is 13.1 Å². The van der Waals surface area contributed by atoms with Crippen molar-refractivity contribution < 1.29 is 12.9 Å². The Labute approximate surface area is 123 Å². The van der Waals surface area contributed by atoms with E-state index in [1.54, 1.807) is 18.2 Å². The van der Waals surface area contributed by atoms with Crippen LogP contribution in [0.3, 0.4) is 0 Å². The molecule has 0 radical (unpaired) electrons. The van der Waals surface area contributed by atoms with Crippen molar-refractivity contribution in [1.82, 2.24) is 20.2 Å². The smallest absolute Gasteiger partial charge is 0.240 e. The largest absolute Gasteiger partial charge is 0.343 e. The van der Waals surface area contributed by atoms with Crippen LogP contribution in [0.15, 0.2) is 34.0 Å². The molecule has 0 saturated carbocycles. The van der Waals surface area contributed by atoms with Gasteiger partial charge in [-0.05, 0) is 37.2 Å². The molecule has 0 aliphatic heterocycles. The van der Waals surface area contributed by atoms with Gasteiger partial charge in [0.15, 0.2) is 5.82 Å². The van der Waals surface area contributed by atoms with Crippen molar-refractivity contribution in [3.63, 3.8) is 0 Å². The molecule has 8 heteroatoms. The molecule has 21 heavy (non-hydrogen) atoms. The average molecular weight is 310 g/mol. The number of nitrogens with one attached hydrogen (secondary N) is 2. The molecule has 0 aliphatic rings. The summed E-state index contributed by atoms with van der Waals surface area (Å²) in [4.78, 5) is 4.09. The third-order valence-electron chi connectivity index (χ3n) is 3.05. The Kier molecular flexibility index (Phi) is 5.05. The van der Waals surface area contributed by atoms with Gasteiger partial charge in [-0.3, -0.25) is 0 Å². The molecule has 0 saturated heterocycles. The van der Waals surface area contributed by atoms with E-state index in [0.29, 0.717) is 18.8 Å². The second-order valence-corrected chi connectivity index (χ2v) is 6.38. The van der Waals surface area contributed by atoms with Crippen molar-refractivity contribution in [2.45, 2.75) is 24.8 Å². The van der Waals surface area contributed by atoms with Crippen LogP contribution in [0.2, 0.25) is 0 Å². The molecule has 2 N–H and O–H groups in total. The van der Waals surface area contributed by atoms with Crippen molar-refractivity contribution in [2.75, 3.05) is 13.6 Å². The second-order valence-electron chi connectivity index (χ2n) is 4.61. The lowest BCUT2D eigenvalue weighted by Gasteiger charge is -2.10. The van der Waals surface area contributed by atoms with Crippen molar-refractivity contribution in [2.24, 2.45) is 0 Å². The number of benzene rings is 1. The lowest BCUT2D eigenvalue weighted by Crippen LogP contribution is -2.26. The zero-order valence-electron chi connectivity index (χ0n) is 12.0. The Morgan fingerprint density at radius 1 is 1.33 bits per heavy atom. The maximum absolute atomic E-state index is 12.2. The number of hydrogen-bond donors (Lipinski definition) is 2. The number of sulfonamides is 1. The molecule has 2 rings (SSSR count). The molecular formula is C13H18N4O3S. The van der Waals surface area contributed by atoms with Crippen LogP contribution in [0, 0.1) is 6.92 Å². The van der Waals surface area contributed by atoms with Crippen LogP contribution in [0.4, 0.5) is 0 Å². The molecule has 2 aromatic rings. The van der Waals surface area contributed by atoms with Crippen molar-refractivity contribution in [1.29, 1.82) is 0 Å². The molecule has 7 nitrogen and oxygen atoms in total. The van der Waals surface area contributed by atoms with Gasteiger partial charge in [0.1, 0.15) is 0 Å². The van der Waals surface area contributed by atoms with E-state index < -0.39 is 10.0 Å². The van der Waals surface area contributed by atoms with Gasteiger partial charge in [-0.15, -0.1) is 0 Å². The van der Waals surface area contributed by atoms with E-state index in [9.17, 15) is 8.42 Å². The van der Waals surface area contributed by atoms with Crippen LogP contribution < -0.4 is 10.0 Å². The van der Waals surface area contributed by atoms with E-state index in [0.717, 1.165) is 11.1 Å². The van der Waals surface area contributed by atoms with Gasteiger partial charge < -0.3 is 9.84 Å². The third-order valence-corrected chi connectivity index (χ3v) is 4.50. The van der Waals surface area contributed by atoms with Gasteiger partial charge in [0.2, 0.25) is 16.4 Å². The Hall–Kier alpha value is -1.77. The molecule has 0 unspecified atom stereocenters. The highest BCUT2D eigenvalue weighted by atomic mass is 32.2. The first-order valence-corrected chi connectivity index (χ1v) is 8.00. The van der Waals surface area contributed by atoms with Crippen LogP contribution in [0.25, 0.3) is 0 Å². The number of aromatic nitrogens is 2. The predicted molar refractivity (Wildman–Crippen MR) is 77.1 cm³/mol. The molecule has 0 bridgehead atoms. The minimum Gasteiger partial charge on any atom is -0.343 e. The molecule has 0 atom stereocenters. The summed E-state index contributed by atoms with van der Waals surface area (Å²) < 4.78 is 31.6. The van der Waals surface area contributed by atoms with Gasteiger partial charge >= 0.3 is 0 Å². The fourth-order valence-corrected chi connectivity index (χ4v) is 2.96. The van der Waals surface area contributed by atoms with Gasteiger partial charge in [0.25, 0.3) is 0 Å². The summed E-state index contributed by atoms with van der Waals surface area (Å²) in [6.45, 7) is 2.79. The highest BCUT2D eigenvalue weighted by molar-refractivity contribution is 7.89. The van der Waals surface area contributed by atoms with Gasteiger partial charge in [-0.1, -0.05) is 11.2 Å². The highest BCUT2D eigenvalue weighted by Crippen LogP contribution is 2.15. The van der Waals surface area contributed by atoms with Crippen molar-refractivity contribution in [3.05, 3.63) is 41.5 Å². The maximum atomic E-state index is 12.2. The molecule has 1 aromatic heterocycles. The zero-order valence-corrected chi connectivity index (χ0v) is 12.8. The first-order chi connectivity index (χ1) is 10.0. The standard InChI is InChI=1S/C13H18N4O3S/c1-10-3-4-12(7-11(10)8-14-2)21(18,19)16-6-5-13-15-9-20-17-13/h3-4,7,9,14,16H,5-6,8H2,1-2H3. The van der Waals surface area contributed by atoms with Gasteiger partial charge in [0, 0.05) is 19.5 Å². The van der Waals surface area contributed by atoms with E-state index in [2.05, 4.69) is 24.7 Å². The molecule has 0 spiro atoms. The Morgan fingerprint density at radius 3 is 2.81 bits per heavy atom. The molecular weight excluding hydrogens is 292 g/mol. The minimum atomic E-state index is -3.54. The first kappa shape index (κ1) is 15.6. The lowest BCUT2D eigenvalue weighted by atomic mass is 10.1. The Bertz CT molecular complexity index is 683. The van der Waals surface area contributed by atoms with Crippen LogP contribution in [0.5, 0.6) is 0 Å². The zero-order chi connectivity index (χ0) is 15.3. The minimum absolute atomic E-state index is 0.219. The summed E-state index contributed by atoms with van der Waals surface area (Å²) in [7, 11) is -1.71. The fourth-order valence-electron chi connectivity index (χ4n) is 1.88. The number of hydrogen-bond acceptors (Lipinski definition) is 6. The van der Waals surface area contributed by atoms with E-state index in [1.165, 1.54) is 6.39 Å². The maximum Gasteiger partial charge on any atom is 0.240 e. The summed E-state index contributed by atoms with van der Waals surface area (Å²) in [6.07, 6.45) is 1.60. The summed E-state index contributed by atoms with van der Waals surface area (Å²) in [5.41, 5.74) is 2.01. The van der Waals surface area contributed by atoms with Crippen molar-refractivity contribution in [3.8, 4) is 0 Å². The third kappa shape index (κ3) is 4.10. The summed E-state index contributed by atoms with van der Waals surface area (Å²) in [5, 5.41) is 6.65. The van der Waals surface area contributed by atoms with Crippen LogP contribution in [-0.2, 0) is 23.0 Å². The topological polar surface area (TPSA) is 97.1 Å². The van der Waals surface area contributed by atoms with E-state index in [-0.39, 0.29) is 11.4 Å². The summed E-state index contributed by atoms with van der Waals surface area (Å²) in [6, 6.07) is 5.09.